The highest BCUT2D eigenvalue weighted by molar-refractivity contribution is 9.18. The number of hydrogen-bond acceptors (Lipinski definition) is 3. The van der Waals surface area contributed by atoms with Gasteiger partial charge in [0.1, 0.15) is 13.2 Å². The Bertz CT molecular complexity index is 462. The smallest absolute Gasteiger partial charge is 0.289 e. The number of carbonyl (C=O) groups excluding carboxylic acids is 1. The van der Waals surface area contributed by atoms with Gasteiger partial charge in [-0.2, -0.15) is 0 Å². The molecule has 4 nitrogen and oxygen atoms in total. The first-order valence-corrected chi connectivity index (χ1v) is 6.67. The number of carbonyl (C=O) groups is 1. The van der Waals surface area contributed by atoms with E-state index in [-0.39, 0.29) is 4.82 Å². The fraction of sp³-hybridized carbons (Fsp3) is 0.462. The van der Waals surface area contributed by atoms with Gasteiger partial charge in [0, 0.05) is 29.5 Å². The molecular weight excluding hydrogens is 298 g/mol. The molecule has 0 spiro atoms. The molecule has 0 atom stereocenters. The van der Waals surface area contributed by atoms with Crippen LogP contribution in [-0.4, -0.2) is 36.5 Å². The highest BCUT2D eigenvalue weighted by Gasteiger charge is 2.14. The highest BCUT2D eigenvalue weighted by Crippen LogP contribution is 2.33. The van der Waals surface area contributed by atoms with Crippen LogP contribution in [-0.2, 0) is 6.42 Å². The Morgan fingerprint density at radius 1 is 1.33 bits per heavy atom. The van der Waals surface area contributed by atoms with Crippen molar-refractivity contribution < 1.29 is 14.3 Å². The molecule has 1 aromatic rings. The van der Waals surface area contributed by atoms with E-state index in [4.69, 9.17) is 9.47 Å². The Kier molecular flexibility index (Phi) is 4.11. The van der Waals surface area contributed by atoms with E-state index in [1.165, 1.54) is 5.56 Å². The van der Waals surface area contributed by atoms with Crippen LogP contribution < -0.4 is 9.47 Å². The van der Waals surface area contributed by atoms with Gasteiger partial charge in [0.15, 0.2) is 11.5 Å². The van der Waals surface area contributed by atoms with Crippen molar-refractivity contribution in [2.75, 3.05) is 26.8 Å². The van der Waals surface area contributed by atoms with Crippen LogP contribution in [0.2, 0.25) is 0 Å². The zero-order chi connectivity index (χ0) is 13.1. The summed E-state index contributed by atoms with van der Waals surface area (Å²) in [5.74, 6) is 1.61. The zero-order valence-corrected chi connectivity index (χ0v) is 12.1. The van der Waals surface area contributed by atoms with E-state index < -0.39 is 0 Å². The Morgan fingerprint density at radius 2 is 1.94 bits per heavy atom. The molecule has 0 bridgehead atoms. The topological polar surface area (TPSA) is 38.8 Å². The molecule has 0 saturated carbocycles. The first-order chi connectivity index (χ1) is 8.58. The van der Waals surface area contributed by atoms with Gasteiger partial charge in [-0.15, -0.1) is 0 Å². The molecule has 1 aliphatic rings. The fourth-order valence-electron chi connectivity index (χ4n) is 1.88. The van der Waals surface area contributed by atoms with Gasteiger partial charge < -0.3 is 14.4 Å². The Balaban J connectivity index is 2.11. The number of halogens is 1. The van der Waals surface area contributed by atoms with Crippen LogP contribution in [0.25, 0.3) is 0 Å². The number of aryl methyl sites for hydroxylation is 1. The third-order valence-corrected chi connectivity index (χ3v) is 3.62. The summed E-state index contributed by atoms with van der Waals surface area (Å²) < 4.78 is 11.1. The molecule has 0 aromatic heterocycles. The molecule has 98 valence electrons. The van der Waals surface area contributed by atoms with Crippen LogP contribution in [0.3, 0.4) is 0 Å². The third-order valence-electron chi connectivity index (χ3n) is 3.02. The molecule has 1 heterocycles. The molecule has 0 fully saturated rings. The minimum Gasteiger partial charge on any atom is -0.486 e. The number of hydrogen-bond donors (Lipinski definition) is 0. The molecule has 2 rings (SSSR count). The van der Waals surface area contributed by atoms with Crippen molar-refractivity contribution in [2.24, 2.45) is 0 Å². The van der Waals surface area contributed by atoms with Gasteiger partial charge in [0.05, 0.1) is 0 Å². The first kappa shape index (κ1) is 13.2. The molecule has 0 aliphatic carbocycles. The molecule has 5 heteroatoms. The monoisotopic (exact) mass is 313 g/mol. The molecule has 0 radical (unpaired) electrons. The number of benzene rings is 1. The molecule has 0 saturated heterocycles. The Labute approximate surface area is 115 Å². The quantitative estimate of drug-likeness (QED) is 0.636. The second kappa shape index (κ2) is 5.61. The number of likely N-dealkylation sites (N-methyl/N-ethyl adjacent to an activating group) is 1. The maximum Gasteiger partial charge on any atom is 0.289 e. The van der Waals surface area contributed by atoms with E-state index in [9.17, 15) is 4.79 Å². The van der Waals surface area contributed by atoms with Crippen molar-refractivity contribution in [1.29, 1.82) is 0 Å². The first-order valence-electron chi connectivity index (χ1n) is 5.87. The van der Waals surface area contributed by atoms with Gasteiger partial charge in [-0.25, -0.2) is 0 Å². The summed E-state index contributed by atoms with van der Waals surface area (Å²) in [4.78, 5) is 12.6. The van der Waals surface area contributed by atoms with E-state index in [0.717, 1.165) is 23.5 Å². The van der Waals surface area contributed by atoms with E-state index >= 15 is 0 Å². The number of nitrogens with zero attached hydrogens (tertiary/aromatic N) is 1. The van der Waals surface area contributed by atoms with Crippen molar-refractivity contribution in [3.05, 3.63) is 23.3 Å². The highest BCUT2D eigenvalue weighted by atomic mass is 79.9. The minimum atomic E-state index is -0.0994. The summed E-state index contributed by atoms with van der Waals surface area (Å²) in [6, 6.07) is 4.01. The van der Waals surface area contributed by atoms with Crippen LogP contribution in [0.5, 0.6) is 11.5 Å². The van der Waals surface area contributed by atoms with Crippen molar-refractivity contribution in [1.82, 2.24) is 4.90 Å². The van der Waals surface area contributed by atoms with Crippen molar-refractivity contribution >= 4 is 20.7 Å². The fourth-order valence-corrected chi connectivity index (χ4v) is 2.06. The van der Waals surface area contributed by atoms with Crippen molar-refractivity contribution in [3.8, 4) is 11.5 Å². The van der Waals surface area contributed by atoms with E-state index in [2.05, 4.69) is 15.9 Å². The van der Waals surface area contributed by atoms with Crippen LogP contribution in [0.1, 0.15) is 11.1 Å². The maximum atomic E-state index is 11.1. The second-order valence-corrected chi connectivity index (χ2v) is 5.03. The summed E-state index contributed by atoms with van der Waals surface area (Å²) in [7, 11) is 1.77. The van der Waals surface area contributed by atoms with Crippen LogP contribution >= 0.6 is 15.9 Å². The molecule has 1 aliphatic heterocycles. The SMILES string of the molecule is Cc1cc2c(cc1CCN(C)C(=O)Br)OCCO2. The molecule has 1 amide bonds. The number of ether oxygens (including phenoxy) is 2. The lowest BCUT2D eigenvalue weighted by atomic mass is 10.0. The van der Waals surface area contributed by atoms with Gasteiger partial charge in [0.2, 0.25) is 0 Å². The van der Waals surface area contributed by atoms with Gasteiger partial charge in [-0.05, 0) is 36.6 Å². The van der Waals surface area contributed by atoms with Gasteiger partial charge in [-0.3, -0.25) is 4.79 Å². The van der Waals surface area contributed by atoms with E-state index in [0.29, 0.717) is 19.8 Å². The molecular formula is C13H16BrNO3. The average Bonchev–Trinajstić information content (AvgIpc) is 2.35. The number of amides is 1. The van der Waals surface area contributed by atoms with E-state index in [1.54, 1.807) is 11.9 Å². The normalized spacial score (nSPS) is 13.3. The number of fused-ring (bicyclic) bond motifs is 1. The Hall–Kier alpha value is -1.23. The molecule has 0 N–H and O–H groups in total. The standard InChI is InChI=1S/C13H16BrNO3/c1-9-7-11-12(18-6-5-17-11)8-10(9)3-4-15(2)13(14)16/h7-8H,3-6H2,1-2H3. The summed E-state index contributed by atoms with van der Waals surface area (Å²) >= 11 is 2.93. The van der Waals surface area contributed by atoms with Crippen LogP contribution in [0.4, 0.5) is 4.79 Å². The lowest BCUT2D eigenvalue weighted by Gasteiger charge is -2.21. The average molecular weight is 314 g/mol. The summed E-state index contributed by atoms with van der Waals surface area (Å²) in [5.41, 5.74) is 2.34. The lowest BCUT2D eigenvalue weighted by molar-refractivity contribution is 0.171. The summed E-state index contributed by atoms with van der Waals surface area (Å²) in [6.07, 6.45) is 0.802. The maximum absolute atomic E-state index is 11.1. The van der Waals surface area contributed by atoms with Crippen molar-refractivity contribution in [3.63, 3.8) is 0 Å². The van der Waals surface area contributed by atoms with Crippen LogP contribution in [0, 0.1) is 6.92 Å². The van der Waals surface area contributed by atoms with Crippen molar-refractivity contribution in [2.45, 2.75) is 13.3 Å². The zero-order valence-electron chi connectivity index (χ0n) is 10.5. The minimum absolute atomic E-state index is 0.0994. The molecule has 18 heavy (non-hydrogen) atoms. The summed E-state index contributed by atoms with van der Waals surface area (Å²) in [6.45, 7) is 3.91. The predicted molar refractivity (Wildman–Crippen MR) is 72.8 cm³/mol. The summed E-state index contributed by atoms with van der Waals surface area (Å²) in [5, 5.41) is 0. The second-order valence-electron chi connectivity index (χ2n) is 4.35. The van der Waals surface area contributed by atoms with Crippen LogP contribution in [0.15, 0.2) is 12.1 Å². The van der Waals surface area contributed by atoms with E-state index in [1.807, 2.05) is 19.1 Å². The largest absolute Gasteiger partial charge is 0.486 e. The van der Waals surface area contributed by atoms with Gasteiger partial charge in [-0.1, -0.05) is 0 Å². The predicted octanol–water partition coefficient (Wildman–Crippen LogP) is 2.76. The van der Waals surface area contributed by atoms with Gasteiger partial charge >= 0.3 is 0 Å². The molecule has 0 unspecified atom stereocenters. The number of rotatable bonds is 3. The lowest BCUT2D eigenvalue weighted by Crippen LogP contribution is -2.23. The van der Waals surface area contributed by atoms with Gasteiger partial charge in [0.25, 0.3) is 4.82 Å². The Morgan fingerprint density at radius 3 is 2.56 bits per heavy atom. The molecule has 1 aromatic carbocycles. The third kappa shape index (κ3) is 2.96.